The number of aliphatic hydroxyl groups is 1. The van der Waals surface area contributed by atoms with Gasteiger partial charge in [0, 0.05) is 11.7 Å². The first-order valence-corrected chi connectivity index (χ1v) is 7.49. The average Bonchev–Trinajstić information content (AvgIpc) is 2.84. The summed E-state index contributed by atoms with van der Waals surface area (Å²) in [4.78, 5) is 15.1. The lowest BCUT2D eigenvalue weighted by Gasteiger charge is -2.25. The third kappa shape index (κ3) is 4.24. The fraction of sp³-hybridized carbons (Fsp3) is 0.471. The molecule has 2 aromatic rings. The van der Waals surface area contributed by atoms with Crippen LogP contribution in [0.2, 0.25) is 0 Å². The van der Waals surface area contributed by atoms with Gasteiger partial charge in [-0.15, -0.1) is 0 Å². The molecule has 2 atom stereocenters. The van der Waals surface area contributed by atoms with Crippen molar-refractivity contribution >= 4 is 17.0 Å². The van der Waals surface area contributed by atoms with Crippen molar-refractivity contribution in [3.05, 3.63) is 36.0 Å². The summed E-state index contributed by atoms with van der Waals surface area (Å²) < 4.78 is 5.26. The zero-order chi connectivity index (χ0) is 16.3. The normalized spacial score (nSPS) is 14.6. The van der Waals surface area contributed by atoms with Gasteiger partial charge in [0.15, 0.2) is 0 Å². The smallest absolute Gasteiger partial charge is 0.407 e. The summed E-state index contributed by atoms with van der Waals surface area (Å²) >= 11 is 0. The molecule has 0 saturated heterocycles. The van der Waals surface area contributed by atoms with E-state index in [1.54, 1.807) is 6.92 Å². The van der Waals surface area contributed by atoms with E-state index >= 15 is 0 Å². The Morgan fingerprint density at radius 1 is 1.36 bits per heavy atom. The Morgan fingerprint density at radius 2 is 2.09 bits per heavy atom. The van der Waals surface area contributed by atoms with Crippen molar-refractivity contribution in [2.45, 2.75) is 51.9 Å². The van der Waals surface area contributed by atoms with Crippen molar-refractivity contribution in [3.63, 3.8) is 0 Å². The van der Waals surface area contributed by atoms with Crippen molar-refractivity contribution in [2.75, 3.05) is 0 Å². The van der Waals surface area contributed by atoms with Gasteiger partial charge in [0.05, 0.1) is 12.1 Å². The second-order valence-electron chi connectivity index (χ2n) is 6.56. The molecule has 2 rings (SSSR count). The molecule has 0 spiro atoms. The Hall–Kier alpha value is -2.01. The molecular weight excluding hydrogens is 280 g/mol. The van der Waals surface area contributed by atoms with E-state index in [2.05, 4.69) is 10.3 Å². The fourth-order valence-electron chi connectivity index (χ4n) is 2.36. The van der Waals surface area contributed by atoms with Crippen molar-refractivity contribution in [1.82, 2.24) is 10.3 Å². The van der Waals surface area contributed by atoms with Gasteiger partial charge in [-0.2, -0.15) is 0 Å². The Balaban J connectivity index is 2.12. The quantitative estimate of drug-likeness (QED) is 0.813. The van der Waals surface area contributed by atoms with Crippen molar-refractivity contribution in [1.29, 1.82) is 0 Å². The highest BCUT2D eigenvalue weighted by molar-refractivity contribution is 5.82. The first kappa shape index (κ1) is 16.4. The van der Waals surface area contributed by atoms with Gasteiger partial charge in [-0.3, -0.25) is 0 Å². The zero-order valence-corrected chi connectivity index (χ0v) is 13.5. The van der Waals surface area contributed by atoms with Gasteiger partial charge < -0.3 is 20.1 Å². The molecule has 5 nitrogen and oxygen atoms in total. The number of hydrogen-bond donors (Lipinski definition) is 3. The van der Waals surface area contributed by atoms with E-state index in [9.17, 15) is 9.90 Å². The zero-order valence-electron chi connectivity index (χ0n) is 13.5. The summed E-state index contributed by atoms with van der Waals surface area (Å²) in [6, 6.07) is 7.57. The molecule has 0 aliphatic rings. The lowest BCUT2D eigenvalue weighted by Crippen LogP contribution is -2.45. The number of aliphatic hydroxyl groups excluding tert-OH is 1. The van der Waals surface area contributed by atoms with Crippen molar-refractivity contribution < 1.29 is 14.6 Å². The van der Waals surface area contributed by atoms with E-state index in [0.29, 0.717) is 6.42 Å². The summed E-state index contributed by atoms with van der Waals surface area (Å²) in [7, 11) is 0. The minimum atomic E-state index is -0.683. The molecule has 0 saturated carbocycles. The van der Waals surface area contributed by atoms with Crippen LogP contribution < -0.4 is 5.32 Å². The second kappa shape index (κ2) is 6.40. The number of fused-ring (bicyclic) bond motifs is 1. The molecular formula is C17H24N2O3. The van der Waals surface area contributed by atoms with Gasteiger partial charge in [-0.25, -0.2) is 4.79 Å². The molecule has 3 N–H and O–H groups in total. The van der Waals surface area contributed by atoms with Crippen LogP contribution >= 0.6 is 0 Å². The first-order chi connectivity index (χ1) is 10.3. The number of hydrogen-bond acceptors (Lipinski definition) is 3. The summed E-state index contributed by atoms with van der Waals surface area (Å²) in [6.45, 7) is 7.09. The highest BCUT2D eigenvalue weighted by Crippen LogP contribution is 2.19. The summed E-state index contributed by atoms with van der Waals surface area (Å²) in [5, 5.41) is 13.8. The topological polar surface area (TPSA) is 74.4 Å². The van der Waals surface area contributed by atoms with Gasteiger partial charge in [0.25, 0.3) is 0 Å². The van der Waals surface area contributed by atoms with Crippen molar-refractivity contribution in [3.8, 4) is 0 Å². The maximum absolute atomic E-state index is 11.9. The third-order valence-corrected chi connectivity index (χ3v) is 3.40. The molecule has 0 radical (unpaired) electrons. The summed E-state index contributed by atoms with van der Waals surface area (Å²) in [5.74, 6) is 0. The van der Waals surface area contributed by atoms with Crippen LogP contribution in [-0.4, -0.2) is 33.9 Å². The number of benzene rings is 1. The number of rotatable bonds is 4. The van der Waals surface area contributed by atoms with Gasteiger partial charge >= 0.3 is 6.09 Å². The van der Waals surface area contributed by atoms with Crippen LogP contribution in [0, 0.1) is 0 Å². The first-order valence-electron chi connectivity index (χ1n) is 7.49. The minimum absolute atomic E-state index is 0.413. The van der Waals surface area contributed by atoms with Gasteiger partial charge in [0.1, 0.15) is 5.60 Å². The molecule has 1 aromatic heterocycles. The predicted octanol–water partition coefficient (Wildman–Crippen LogP) is 2.98. The number of aromatic nitrogens is 1. The molecule has 0 bridgehead atoms. The number of amides is 1. The highest BCUT2D eigenvalue weighted by Gasteiger charge is 2.23. The molecule has 0 unspecified atom stereocenters. The number of nitrogens with one attached hydrogen (secondary N) is 2. The van der Waals surface area contributed by atoms with Gasteiger partial charge in [0.2, 0.25) is 0 Å². The van der Waals surface area contributed by atoms with E-state index in [0.717, 1.165) is 16.5 Å². The average molecular weight is 304 g/mol. The lowest BCUT2D eigenvalue weighted by molar-refractivity contribution is 0.0438. The maximum Gasteiger partial charge on any atom is 0.407 e. The molecule has 1 aromatic carbocycles. The molecule has 1 amide bonds. The molecule has 0 aliphatic heterocycles. The Morgan fingerprint density at radius 3 is 2.73 bits per heavy atom. The maximum atomic E-state index is 11.9. The monoisotopic (exact) mass is 304 g/mol. The van der Waals surface area contributed by atoms with Crippen molar-refractivity contribution in [2.24, 2.45) is 0 Å². The third-order valence-electron chi connectivity index (χ3n) is 3.40. The number of alkyl carbamates (subject to hydrolysis) is 1. The van der Waals surface area contributed by atoms with Crippen LogP contribution in [0.25, 0.3) is 10.9 Å². The summed E-state index contributed by atoms with van der Waals surface area (Å²) in [6.07, 6.45) is 1.21. The van der Waals surface area contributed by atoms with Crippen LogP contribution in [0.1, 0.15) is 33.3 Å². The van der Waals surface area contributed by atoms with Gasteiger partial charge in [-0.1, -0.05) is 18.2 Å². The number of carbonyl (C=O) groups excluding carboxylic acids is 1. The summed E-state index contributed by atoms with van der Waals surface area (Å²) in [5.41, 5.74) is 1.51. The van der Waals surface area contributed by atoms with Crippen LogP contribution in [0.15, 0.2) is 30.5 Å². The number of para-hydroxylation sites is 1. The minimum Gasteiger partial charge on any atom is -0.444 e. The number of aromatic amines is 1. The van der Waals surface area contributed by atoms with Crippen LogP contribution in [0.3, 0.4) is 0 Å². The van der Waals surface area contributed by atoms with Crippen LogP contribution in [0.5, 0.6) is 0 Å². The molecule has 1 heterocycles. The molecule has 120 valence electrons. The van der Waals surface area contributed by atoms with E-state index in [-0.39, 0.29) is 0 Å². The molecule has 0 fully saturated rings. The van der Waals surface area contributed by atoms with Gasteiger partial charge in [-0.05, 0) is 51.1 Å². The Kier molecular flexibility index (Phi) is 4.76. The van der Waals surface area contributed by atoms with E-state index in [1.807, 2.05) is 51.2 Å². The number of carbonyl (C=O) groups is 1. The SMILES string of the molecule is C[C@H](O)[C@@H](Cc1cccc2cc[nH]c12)NC(=O)OC(C)(C)C. The number of H-pyrrole nitrogens is 1. The standard InChI is InChI=1S/C17H24N2O3/c1-11(20)14(19-16(21)22-17(2,3)4)10-13-7-5-6-12-8-9-18-15(12)13/h5-9,11,14,18,20H,10H2,1-4H3,(H,19,21)/t11-,14+/m0/s1. The molecule has 22 heavy (non-hydrogen) atoms. The fourth-order valence-corrected chi connectivity index (χ4v) is 2.36. The Bertz CT molecular complexity index is 641. The van der Waals surface area contributed by atoms with E-state index in [1.165, 1.54) is 0 Å². The van der Waals surface area contributed by atoms with E-state index < -0.39 is 23.8 Å². The number of ether oxygens (including phenoxy) is 1. The van der Waals surface area contributed by atoms with Crippen LogP contribution in [-0.2, 0) is 11.2 Å². The predicted molar refractivity (Wildman–Crippen MR) is 86.8 cm³/mol. The largest absolute Gasteiger partial charge is 0.444 e. The van der Waals surface area contributed by atoms with Crippen LogP contribution in [0.4, 0.5) is 4.79 Å². The van der Waals surface area contributed by atoms with E-state index in [4.69, 9.17) is 4.74 Å². The lowest BCUT2D eigenvalue weighted by atomic mass is 10.0. The molecule has 5 heteroatoms. The second-order valence-corrected chi connectivity index (χ2v) is 6.56. The molecule has 0 aliphatic carbocycles. The Labute approximate surface area is 130 Å². The highest BCUT2D eigenvalue weighted by atomic mass is 16.6.